The van der Waals surface area contributed by atoms with Gasteiger partial charge in [-0.3, -0.25) is 0 Å². The van der Waals surface area contributed by atoms with E-state index in [9.17, 15) is 9.90 Å². The maximum Gasteiger partial charge on any atom is 0.511 e. The number of anilines is 1. The number of rotatable bonds is 7. The van der Waals surface area contributed by atoms with Gasteiger partial charge < -0.3 is 24.6 Å². The van der Waals surface area contributed by atoms with Crippen LogP contribution in [0.25, 0.3) is 22.3 Å². The summed E-state index contributed by atoms with van der Waals surface area (Å²) >= 11 is 0. The maximum absolute atomic E-state index is 10.8. The lowest BCUT2D eigenvalue weighted by atomic mass is 9.83. The molecule has 4 rings (SSSR count). The average molecular weight is 490 g/mol. The van der Waals surface area contributed by atoms with Crippen LogP contribution in [-0.4, -0.2) is 42.7 Å². The number of ether oxygens (including phenoxy) is 2. The Morgan fingerprint density at radius 2 is 1.56 bits per heavy atom. The van der Waals surface area contributed by atoms with Crippen LogP contribution < -0.4 is 14.4 Å². The molecule has 1 heterocycles. The predicted molar refractivity (Wildman–Crippen MR) is 143 cm³/mol. The third kappa shape index (κ3) is 6.00. The summed E-state index contributed by atoms with van der Waals surface area (Å²) in [6.45, 7) is 9.08. The van der Waals surface area contributed by atoms with Gasteiger partial charge in [0.1, 0.15) is 18.1 Å². The summed E-state index contributed by atoms with van der Waals surface area (Å²) in [5, 5.41) is 18.2. The van der Waals surface area contributed by atoms with Gasteiger partial charge >= 0.3 is 6.16 Å². The first-order valence-electron chi connectivity index (χ1n) is 12.5. The molecule has 2 N–H and O–H groups in total. The molecule has 0 aliphatic carbocycles. The molecular formula is C30H35NO5. The number of aliphatic hydroxyl groups is 1. The molecular weight excluding hydrogens is 454 g/mol. The lowest BCUT2D eigenvalue weighted by molar-refractivity contribution is 0.144. The summed E-state index contributed by atoms with van der Waals surface area (Å²) in [6, 6.07) is 19.6. The Kier molecular flexibility index (Phi) is 7.85. The zero-order chi connectivity index (χ0) is 25.7. The molecule has 0 amide bonds. The number of carbonyl (C=O) groups is 1. The molecule has 1 aliphatic heterocycles. The molecule has 1 fully saturated rings. The first kappa shape index (κ1) is 25.6. The van der Waals surface area contributed by atoms with E-state index in [0.717, 1.165) is 35.3 Å². The number of nitrogens with zero attached hydrogens (tertiary/aromatic N) is 1. The number of carboxylic acid groups (broad SMARTS) is 1. The molecule has 0 bridgehead atoms. The van der Waals surface area contributed by atoms with Gasteiger partial charge in [-0.1, -0.05) is 45.0 Å². The van der Waals surface area contributed by atoms with Gasteiger partial charge in [0.15, 0.2) is 0 Å². The third-order valence-electron chi connectivity index (χ3n) is 6.53. The quantitative estimate of drug-likeness (QED) is 0.283. The minimum atomic E-state index is -1.34. The lowest BCUT2D eigenvalue weighted by Crippen LogP contribution is -2.31. The normalized spacial score (nSPS) is 13.9. The first-order valence-corrected chi connectivity index (χ1v) is 12.5. The van der Waals surface area contributed by atoms with Crippen molar-refractivity contribution in [2.24, 2.45) is 0 Å². The van der Waals surface area contributed by atoms with Crippen LogP contribution in [0, 0.1) is 0 Å². The molecule has 190 valence electrons. The van der Waals surface area contributed by atoms with Crippen molar-refractivity contribution in [3.8, 4) is 33.8 Å². The van der Waals surface area contributed by atoms with E-state index in [1.54, 1.807) is 12.1 Å². The highest BCUT2D eigenvalue weighted by Gasteiger charge is 2.24. The van der Waals surface area contributed by atoms with Crippen LogP contribution in [0.3, 0.4) is 0 Å². The van der Waals surface area contributed by atoms with Crippen LogP contribution in [-0.2, 0) is 5.41 Å². The smallest absolute Gasteiger partial charge is 0.491 e. The Morgan fingerprint density at radius 1 is 0.889 bits per heavy atom. The molecule has 3 aromatic carbocycles. The number of benzene rings is 3. The van der Waals surface area contributed by atoms with Crippen molar-refractivity contribution in [1.82, 2.24) is 0 Å². The molecule has 36 heavy (non-hydrogen) atoms. The highest BCUT2D eigenvalue weighted by molar-refractivity contribution is 5.80. The molecule has 0 atom stereocenters. The summed E-state index contributed by atoms with van der Waals surface area (Å²) in [5.74, 6) is 0.988. The molecule has 0 spiro atoms. The number of aliphatic hydroxyl groups excluding tert-OH is 1. The number of hydrogen-bond acceptors (Lipinski definition) is 5. The monoisotopic (exact) mass is 489 g/mol. The molecule has 6 heteroatoms. The van der Waals surface area contributed by atoms with E-state index in [2.05, 4.69) is 49.9 Å². The molecule has 0 radical (unpaired) electrons. The molecule has 1 aliphatic rings. The largest absolute Gasteiger partial charge is 0.511 e. The van der Waals surface area contributed by atoms with E-state index < -0.39 is 6.16 Å². The molecule has 3 aromatic rings. The first-order chi connectivity index (χ1) is 17.3. The Balaban J connectivity index is 1.77. The van der Waals surface area contributed by atoms with Crippen LogP contribution in [0.1, 0.15) is 45.6 Å². The lowest BCUT2D eigenvalue weighted by Gasteiger charge is -2.34. The van der Waals surface area contributed by atoms with Gasteiger partial charge in [-0.15, -0.1) is 0 Å². The van der Waals surface area contributed by atoms with Crippen molar-refractivity contribution >= 4 is 11.8 Å². The Bertz CT molecular complexity index is 1190. The zero-order valence-corrected chi connectivity index (χ0v) is 21.3. The third-order valence-corrected chi connectivity index (χ3v) is 6.53. The minimum Gasteiger partial charge on any atom is -0.491 e. The summed E-state index contributed by atoms with van der Waals surface area (Å²) < 4.78 is 10.7. The SMILES string of the molecule is CC(C)(C)c1cc(-c2cc(-c3ccc(OC(=O)O)cc3)ccc2OCCO)ccc1N1CCCCC1. The summed E-state index contributed by atoms with van der Waals surface area (Å²) in [6.07, 6.45) is 2.41. The van der Waals surface area contributed by atoms with Crippen LogP contribution in [0.15, 0.2) is 60.7 Å². The molecule has 0 unspecified atom stereocenters. The predicted octanol–water partition coefficient (Wildman–Crippen LogP) is 6.74. The Labute approximate surface area is 213 Å². The Hall–Kier alpha value is -3.51. The van der Waals surface area contributed by atoms with E-state index in [-0.39, 0.29) is 24.4 Å². The van der Waals surface area contributed by atoms with E-state index in [1.807, 2.05) is 24.3 Å². The van der Waals surface area contributed by atoms with Crippen LogP contribution >= 0.6 is 0 Å². The standard InChI is InChI=1S/C30H35NO5/c1-30(2,3)26-20-23(9-13-27(26)31-15-5-4-6-16-31)25-19-22(10-14-28(25)35-18-17-32)21-7-11-24(12-8-21)36-29(33)34/h7-14,19-20,32H,4-6,15-18H2,1-3H3,(H,33,34). The number of hydrogen-bond donors (Lipinski definition) is 2. The second-order valence-corrected chi connectivity index (χ2v) is 10.2. The van der Waals surface area contributed by atoms with Crippen LogP contribution in [0.2, 0.25) is 0 Å². The summed E-state index contributed by atoms with van der Waals surface area (Å²) in [7, 11) is 0. The van der Waals surface area contributed by atoms with Crippen LogP contribution in [0.5, 0.6) is 11.5 Å². The second-order valence-electron chi connectivity index (χ2n) is 10.2. The highest BCUT2D eigenvalue weighted by atomic mass is 16.7. The van der Waals surface area contributed by atoms with E-state index in [4.69, 9.17) is 14.6 Å². The van der Waals surface area contributed by atoms with Gasteiger partial charge in [0.2, 0.25) is 0 Å². The van der Waals surface area contributed by atoms with E-state index in [0.29, 0.717) is 5.75 Å². The van der Waals surface area contributed by atoms with Crippen molar-refractivity contribution in [2.75, 3.05) is 31.2 Å². The van der Waals surface area contributed by atoms with Gasteiger partial charge in [-0.05, 0) is 83.3 Å². The topological polar surface area (TPSA) is 79.2 Å². The maximum atomic E-state index is 10.8. The van der Waals surface area contributed by atoms with Crippen molar-refractivity contribution in [2.45, 2.75) is 45.4 Å². The fourth-order valence-electron chi connectivity index (χ4n) is 4.75. The van der Waals surface area contributed by atoms with Crippen molar-refractivity contribution in [3.05, 3.63) is 66.2 Å². The highest BCUT2D eigenvalue weighted by Crippen LogP contribution is 2.40. The molecule has 6 nitrogen and oxygen atoms in total. The average Bonchev–Trinajstić information content (AvgIpc) is 2.87. The van der Waals surface area contributed by atoms with Gasteiger partial charge in [0.05, 0.1) is 6.61 Å². The molecule has 0 saturated carbocycles. The Morgan fingerprint density at radius 3 is 2.19 bits per heavy atom. The summed E-state index contributed by atoms with van der Waals surface area (Å²) in [4.78, 5) is 13.3. The zero-order valence-electron chi connectivity index (χ0n) is 21.3. The van der Waals surface area contributed by atoms with Gasteiger partial charge in [-0.25, -0.2) is 4.79 Å². The number of piperidine rings is 1. The summed E-state index contributed by atoms with van der Waals surface area (Å²) in [5.41, 5.74) is 6.48. The van der Waals surface area contributed by atoms with Crippen molar-refractivity contribution in [3.63, 3.8) is 0 Å². The fraction of sp³-hybridized carbons (Fsp3) is 0.367. The van der Waals surface area contributed by atoms with Gasteiger partial charge in [-0.2, -0.15) is 0 Å². The van der Waals surface area contributed by atoms with E-state index >= 15 is 0 Å². The van der Waals surface area contributed by atoms with Gasteiger partial charge in [0, 0.05) is 24.3 Å². The fourth-order valence-corrected chi connectivity index (χ4v) is 4.75. The van der Waals surface area contributed by atoms with Crippen molar-refractivity contribution < 1.29 is 24.5 Å². The molecule has 0 aromatic heterocycles. The van der Waals surface area contributed by atoms with E-state index in [1.165, 1.54) is 30.5 Å². The van der Waals surface area contributed by atoms with Gasteiger partial charge in [0.25, 0.3) is 0 Å². The second kappa shape index (κ2) is 11.0. The van der Waals surface area contributed by atoms with Crippen LogP contribution in [0.4, 0.5) is 10.5 Å². The molecule has 1 saturated heterocycles. The minimum absolute atomic E-state index is 0.0352. The van der Waals surface area contributed by atoms with Crippen molar-refractivity contribution in [1.29, 1.82) is 0 Å².